The van der Waals surface area contributed by atoms with Crippen molar-refractivity contribution in [2.24, 2.45) is 5.92 Å². The van der Waals surface area contributed by atoms with Gasteiger partial charge in [-0.15, -0.1) is 0 Å². The molecule has 0 radical (unpaired) electrons. The first-order chi connectivity index (χ1) is 17.0. The fraction of sp³-hybridized carbons (Fsp3) is 0.321. The topological polar surface area (TPSA) is 91.8 Å². The number of hydrogen-bond donors (Lipinski definition) is 2. The minimum Gasteiger partial charge on any atom is -0.493 e. The number of rotatable bonds is 9. The van der Waals surface area contributed by atoms with E-state index < -0.39 is 5.97 Å². The van der Waals surface area contributed by atoms with Crippen LogP contribution in [0.5, 0.6) is 5.75 Å². The maximum absolute atomic E-state index is 12.3. The smallest absolute Gasteiger partial charge is 0.335 e. The van der Waals surface area contributed by atoms with Crippen molar-refractivity contribution in [2.75, 3.05) is 29.9 Å². The van der Waals surface area contributed by atoms with Gasteiger partial charge < -0.3 is 20.1 Å². The number of carbonyl (C=O) groups excluding carboxylic acids is 1. The summed E-state index contributed by atoms with van der Waals surface area (Å²) in [5, 5.41) is 12.1. The minimum absolute atomic E-state index is 0.0162. The molecule has 35 heavy (non-hydrogen) atoms. The maximum atomic E-state index is 12.3. The second kappa shape index (κ2) is 11.5. The molecule has 1 saturated heterocycles. The number of aryl methyl sites for hydroxylation is 2. The Bertz CT molecular complexity index is 1150. The average molecular weight is 474 g/mol. The van der Waals surface area contributed by atoms with Crippen LogP contribution in [0.1, 0.15) is 40.7 Å². The lowest BCUT2D eigenvalue weighted by atomic mass is 9.98. The number of nitrogens with one attached hydrogen (secondary N) is 1. The van der Waals surface area contributed by atoms with Gasteiger partial charge in [-0.25, -0.2) is 9.78 Å². The molecule has 3 aromatic rings. The van der Waals surface area contributed by atoms with Gasteiger partial charge in [0, 0.05) is 19.5 Å². The molecule has 2 N–H and O–H groups in total. The number of pyridine rings is 1. The number of carbonyl (C=O) groups is 2. The highest BCUT2D eigenvalue weighted by Gasteiger charge is 2.21. The van der Waals surface area contributed by atoms with Crippen molar-refractivity contribution in [3.05, 3.63) is 83.6 Å². The van der Waals surface area contributed by atoms with Crippen LogP contribution in [0.15, 0.2) is 66.9 Å². The van der Waals surface area contributed by atoms with Crippen LogP contribution in [-0.2, 0) is 11.2 Å². The summed E-state index contributed by atoms with van der Waals surface area (Å²) < 4.78 is 5.85. The number of ether oxygens (including phenoxy) is 1. The number of hydrogen-bond acceptors (Lipinski definition) is 5. The SMILES string of the molecule is Cc1ccccc1CCC(=O)Nc1ccc(N2CCC(COc3cccc(C(=O)O)c3)CC2)nc1. The molecule has 2 heterocycles. The van der Waals surface area contributed by atoms with Gasteiger partial charge in [-0.3, -0.25) is 4.79 Å². The van der Waals surface area contributed by atoms with Crippen molar-refractivity contribution in [1.82, 2.24) is 4.98 Å². The number of aromatic carboxylic acids is 1. The highest BCUT2D eigenvalue weighted by atomic mass is 16.5. The summed E-state index contributed by atoms with van der Waals surface area (Å²) >= 11 is 0. The molecule has 1 aromatic heterocycles. The van der Waals surface area contributed by atoms with Crippen LogP contribution in [0.2, 0.25) is 0 Å². The van der Waals surface area contributed by atoms with Gasteiger partial charge in [0.25, 0.3) is 0 Å². The van der Waals surface area contributed by atoms with Gasteiger partial charge in [-0.2, -0.15) is 0 Å². The fourth-order valence-electron chi connectivity index (χ4n) is 4.27. The van der Waals surface area contributed by atoms with Gasteiger partial charge in [-0.05, 0) is 73.6 Å². The van der Waals surface area contributed by atoms with Crippen LogP contribution in [0, 0.1) is 12.8 Å². The largest absolute Gasteiger partial charge is 0.493 e. The third-order valence-electron chi connectivity index (χ3n) is 6.42. The summed E-state index contributed by atoms with van der Waals surface area (Å²) in [5.41, 5.74) is 3.33. The Labute approximate surface area is 205 Å². The molecular formula is C28H31N3O4. The van der Waals surface area contributed by atoms with Crippen LogP contribution < -0.4 is 15.0 Å². The van der Waals surface area contributed by atoms with Crippen molar-refractivity contribution >= 4 is 23.4 Å². The van der Waals surface area contributed by atoms with Crippen molar-refractivity contribution in [1.29, 1.82) is 0 Å². The van der Waals surface area contributed by atoms with Crippen LogP contribution in [0.25, 0.3) is 0 Å². The van der Waals surface area contributed by atoms with E-state index in [2.05, 4.69) is 34.3 Å². The van der Waals surface area contributed by atoms with E-state index in [1.54, 1.807) is 30.5 Å². The Morgan fingerprint density at radius 1 is 1.09 bits per heavy atom. The number of benzene rings is 2. The van der Waals surface area contributed by atoms with E-state index in [-0.39, 0.29) is 11.5 Å². The number of nitrogens with zero attached hydrogens (tertiary/aromatic N) is 2. The Balaban J connectivity index is 1.21. The minimum atomic E-state index is -0.955. The predicted octanol–water partition coefficient (Wildman–Crippen LogP) is 4.95. The second-order valence-electron chi connectivity index (χ2n) is 8.95. The number of amides is 1. The summed E-state index contributed by atoms with van der Waals surface area (Å²) in [6.07, 6.45) is 4.80. The Kier molecular flexibility index (Phi) is 7.98. The van der Waals surface area contributed by atoms with Crippen molar-refractivity contribution in [2.45, 2.75) is 32.6 Å². The molecule has 1 aliphatic heterocycles. The quantitative estimate of drug-likeness (QED) is 0.457. The standard InChI is InChI=1S/C28H31N3O4/c1-20-5-2-3-6-22(20)9-12-27(32)30-24-10-11-26(29-18-24)31-15-13-21(14-16-31)19-35-25-8-4-7-23(17-25)28(33)34/h2-8,10-11,17-18,21H,9,12-16,19H2,1H3,(H,30,32)(H,33,34). The number of anilines is 2. The Hall–Kier alpha value is -3.87. The molecule has 0 spiro atoms. The molecular weight excluding hydrogens is 442 g/mol. The molecule has 0 atom stereocenters. The molecule has 2 aromatic carbocycles. The van der Waals surface area contributed by atoms with Gasteiger partial charge in [0.1, 0.15) is 11.6 Å². The third kappa shape index (κ3) is 6.82. The highest BCUT2D eigenvalue weighted by molar-refractivity contribution is 5.90. The first-order valence-corrected chi connectivity index (χ1v) is 12.0. The molecule has 182 valence electrons. The highest BCUT2D eigenvalue weighted by Crippen LogP contribution is 2.24. The van der Waals surface area contributed by atoms with Gasteiger partial charge in [-0.1, -0.05) is 30.3 Å². The summed E-state index contributed by atoms with van der Waals surface area (Å²) in [5.74, 6) is 0.926. The average Bonchev–Trinajstić information content (AvgIpc) is 2.88. The summed E-state index contributed by atoms with van der Waals surface area (Å²) in [6, 6.07) is 18.6. The number of carboxylic acid groups (broad SMARTS) is 1. The van der Waals surface area contributed by atoms with Gasteiger partial charge >= 0.3 is 5.97 Å². The van der Waals surface area contributed by atoms with E-state index in [1.807, 2.05) is 24.3 Å². The van der Waals surface area contributed by atoms with Crippen LogP contribution in [0.3, 0.4) is 0 Å². The van der Waals surface area contributed by atoms with Crippen LogP contribution in [-0.4, -0.2) is 41.7 Å². The third-order valence-corrected chi connectivity index (χ3v) is 6.42. The van der Waals surface area contributed by atoms with Gasteiger partial charge in [0.2, 0.25) is 5.91 Å². The van der Waals surface area contributed by atoms with Crippen molar-refractivity contribution < 1.29 is 19.4 Å². The first-order valence-electron chi connectivity index (χ1n) is 12.0. The van der Waals surface area contributed by atoms with E-state index in [0.717, 1.165) is 31.7 Å². The zero-order valence-corrected chi connectivity index (χ0v) is 19.9. The molecule has 0 bridgehead atoms. The fourth-order valence-corrected chi connectivity index (χ4v) is 4.27. The molecule has 1 fully saturated rings. The Morgan fingerprint density at radius 3 is 2.60 bits per heavy atom. The molecule has 0 saturated carbocycles. The lowest BCUT2D eigenvalue weighted by molar-refractivity contribution is -0.116. The normalized spacial score (nSPS) is 13.9. The van der Waals surface area contributed by atoms with Crippen LogP contribution in [0.4, 0.5) is 11.5 Å². The first kappa shape index (κ1) is 24.3. The van der Waals surface area contributed by atoms with E-state index in [4.69, 9.17) is 9.84 Å². The zero-order chi connectivity index (χ0) is 24.6. The Morgan fingerprint density at radius 2 is 1.89 bits per heavy atom. The van der Waals surface area contributed by atoms with E-state index >= 15 is 0 Å². The number of aromatic nitrogens is 1. The molecule has 7 nitrogen and oxygen atoms in total. The lowest BCUT2D eigenvalue weighted by Crippen LogP contribution is -2.36. The summed E-state index contributed by atoms with van der Waals surface area (Å²) in [6.45, 7) is 4.38. The number of piperidine rings is 1. The van der Waals surface area contributed by atoms with E-state index in [0.29, 0.717) is 36.8 Å². The van der Waals surface area contributed by atoms with E-state index in [1.165, 1.54) is 11.1 Å². The lowest BCUT2D eigenvalue weighted by Gasteiger charge is -2.32. The molecule has 1 amide bonds. The van der Waals surface area contributed by atoms with Gasteiger partial charge in [0.15, 0.2) is 0 Å². The number of carboxylic acids is 1. The molecule has 0 aliphatic carbocycles. The molecule has 7 heteroatoms. The monoisotopic (exact) mass is 473 g/mol. The maximum Gasteiger partial charge on any atom is 0.335 e. The zero-order valence-electron chi connectivity index (χ0n) is 19.9. The second-order valence-corrected chi connectivity index (χ2v) is 8.95. The summed E-state index contributed by atoms with van der Waals surface area (Å²) in [4.78, 5) is 30.3. The van der Waals surface area contributed by atoms with Crippen molar-refractivity contribution in [3.8, 4) is 5.75 Å². The van der Waals surface area contributed by atoms with E-state index in [9.17, 15) is 9.59 Å². The van der Waals surface area contributed by atoms with Crippen LogP contribution >= 0.6 is 0 Å². The summed E-state index contributed by atoms with van der Waals surface area (Å²) in [7, 11) is 0. The molecule has 1 aliphatic rings. The molecule has 4 rings (SSSR count). The predicted molar refractivity (Wildman–Crippen MR) is 136 cm³/mol. The van der Waals surface area contributed by atoms with Gasteiger partial charge in [0.05, 0.1) is 24.1 Å². The van der Waals surface area contributed by atoms with Crippen molar-refractivity contribution in [3.63, 3.8) is 0 Å². The molecule has 0 unspecified atom stereocenters.